The molecule has 1 aliphatic rings. The number of hydrogen-bond acceptors (Lipinski definition) is 2. The standard InChI is InChI=1S/C12H15F3N2O/c1-17-7-9(6-16-17)11(18)8-2-4-10(5-3-8)12(13,14)15/h6-8,10H,2-5H2,1H3. The third-order valence-corrected chi connectivity index (χ3v) is 3.55. The van der Waals surface area contributed by atoms with Crippen molar-refractivity contribution < 1.29 is 18.0 Å². The molecule has 100 valence electrons. The van der Waals surface area contributed by atoms with Gasteiger partial charge >= 0.3 is 6.18 Å². The number of rotatable bonds is 2. The molecule has 1 saturated carbocycles. The number of halogens is 3. The summed E-state index contributed by atoms with van der Waals surface area (Å²) in [6.45, 7) is 0. The lowest BCUT2D eigenvalue weighted by atomic mass is 9.79. The maximum absolute atomic E-state index is 12.5. The molecule has 0 aliphatic heterocycles. The number of Topliss-reactive ketones (excluding diaryl/α,β-unsaturated/α-hetero) is 1. The molecule has 0 aromatic carbocycles. The molecule has 0 N–H and O–H groups in total. The van der Waals surface area contributed by atoms with Crippen LogP contribution in [0.5, 0.6) is 0 Å². The van der Waals surface area contributed by atoms with E-state index in [0.717, 1.165) is 0 Å². The van der Waals surface area contributed by atoms with Crippen LogP contribution in [0.25, 0.3) is 0 Å². The van der Waals surface area contributed by atoms with E-state index in [1.165, 1.54) is 10.9 Å². The van der Waals surface area contributed by atoms with Crippen LogP contribution in [0.1, 0.15) is 36.0 Å². The van der Waals surface area contributed by atoms with E-state index < -0.39 is 12.1 Å². The lowest BCUT2D eigenvalue weighted by Gasteiger charge is -2.28. The molecule has 18 heavy (non-hydrogen) atoms. The van der Waals surface area contributed by atoms with Gasteiger partial charge in [-0.05, 0) is 25.7 Å². The van der Waals surface area contributed by atoms with Gasteiger partial charge in [0.1, 0.15) is 0 Å². The highest BCUT2D eigenvalue weighted by molar-refractivity contribution is 5.97. The molecule has 2 rings (SSSR count). The van der Waals surface area contributed by atoms with E-state index >= 15 is 0 Å². The van der Waals surface area contributed by atoms with Crippen LogP contribution >= 0.6 is 0 Å². The van der Waals surface area contributed by atoms with E-state index in [4.69, 9.17) is 0 Å². The van der Waals surface area contributed by atoms with Gasteiger partial charge in [-0.25, -0.2) is 0 Å². The second-order valence-electron chi connectivity index (χ2n) is 4.86. The first-order valence-corrected chi connectivity index (χ1v) is 5.97. The monoisotopic (exact) mass is 260 g/mol. The molecule has 0 saturated heterocycles. The normalized spacial score (nSPS) is 25.1. The third-order valence-electron chi connectivity index (χ3n) is 3.55. The molecular formula is C12H15F3N2O. The highest BCUT2D eigenvalue weighted by atomic mass is 19.4. The van der Waals surface area contributed by atoms with Gasteiger partial charge < -0.3 is 0 Å². The van der Waals surface area contributed by atoms with Gasteiger partial charge in [-0.2, -0.15) is 18.3 Å². The van der Waals surface area contributed by atoms with Crippen molar-refractivity contribution in [2.75, 3.05) is 0 Å². The Balaban J connectivity index is 1.96. The van der Waals surface area contributed by atoms with Crippen molar-refractivity contribution in [1.82, 2.24) is 9.78 Å². The average molecular weight is 260 g/mol. The van der Waals surface area contributed by atoms with Crippen LogP contribution in [0.2, 0.25) is 0 Å². The number of ketones is 1. The zero-order valence-corrected chi connectivity index (χ0v) is 10.1. The topological polar surface area (TPSA) is 34.9 Å². The SMILES string of the molecule is Cn1cc(C(=O)C2CCC(C(F)(F)F)CC2)cn1. The van der Waals surface area contributed by atoms with Gasteiger partial charge in [0.25, 0.3) is 0 Å². The second kappa shape index (κ2) is 4.74. The quantitative estimate of drug-likeness (QED) is 0.766. The molecular weight excluding hydrogens is 245 g/mol. The van der Waals surface area contributed by atoms with E-state index in [0.29, 0.717) is 18.4 Å². The van der Waals surface area contributed by atoms with Crippen molar-refractivity contribution in [3.63, 3.8) is 0 Å². The van der Waals surface area contributed by atoms with Gasteiger partial charge in [0.2, 0.25) is 0 Å². The third kappa shape index (κ3) is 2.73. The van der Waals surface area contributed by atoms with Crippen LogP contribution in [0.4, 0.5) is 13.2 Å². The summed E-state index contributed by atoms with van der Waals surface area (Å²) < 4.78 is 39.0. The van der Waals surface area contributed by atoms with Gasteiger partial charge in [-0.3, -0.25) is 9.48 Å². The number of carbonyl (C=O) groups excluding carboxylic acids is 1. The molecule has 1 aromatic heterocycles. The van der Waals surface area contributed by atoms with Crippen molar-refractivity contribution in [1.29, 1.82) is 0 Å². The van der Waals surface area contributed by atoms with E-state index in [1.807, 2.05) is 0 Å². The summed E-state index contributed by atoms with van der Waals surface area (Å²) >= 11 is 0. The molecule has 6 heteroatoms. The van der Waals surface area contributed by atoms with Gasteiger partial charge in [-0.1, -0.05) is 0 Å². The Morgan fingerprint density at radius 1 is 1.33 bits per heavy atom. The predicted octanol–water partition coefficient (Wildman–Crippen LogP) is 2.97. The Labute approximate surface area is 103 Å². The van der Waals surface area contributed by atoms with E-state index in [9.17, 15) is 18.0 Å². The minimum absolute atomic E-state index is 0.0557. The summed E-state index contributed by atoms with van der Waals surface area (Å²) in [4.78, 5) is 12.0. The number of nitrogens with zero attached hydrogens (tertiary/aromatic N) is 2. The van der Waals surface area contributed by atoms with Crippen molar-refractivity contribution in [3.05, 3.63) is 18.0 Å². The van der Waals surface area contributed by atoms with Gasteiger partial charge in [-0.15, -0.1) is 0 Å². The first kappa shape index (κ1) is 13.1. The minimum atomic E-state index is -4.12. The average Bonchev–Trinajstić information content (AvgIpc) is 2.74. The number of hydrogen-bond donors (Lipinski definition) is 0. The maximum atomic E-state index is 12.5. The summed E-state index contributed by atoms with van der Waals surface area (Å²) in [5, 5.41) is 3.90. The van der Waals surface area contributed by atoms with Crippen molar-refractivity contribution in [3.8, 4) is 0 Å². The Morgan fingerprint density at radius 2 is 1.94 bits per heavy atom. The molecule has 0 radical (unpaired) electrons. The van der Waals surface area contributed by atoms with Crippen molar-refractivity contribution >= 4 is 5.78 Å². The highest BCUT2D eigenvalue weighted by Crippen LogP contribution is 2.40. The van der Waals surface area contributed by atoms with E-state index in [-0.39, 0.29) is 24.5 Å². The first-order chi connectivity index (χ1) is 8.38. The minimum Gasteiger partial charge on any atom is -0.294 e. The summed E-state index contributed by atoms with van der Waals surface area (Å²) in [5.41, 5.74) is 0.493. The molecule has 1 aliphatic carbocycles. The molecule has 0 spiro atoms. The lowest BCUT2D eigenvalue weighted by Crippen LogP contribution is -2.30. The molecule has 1 aromatic rings. The number of carbonyl (C=O) groups is 1. The van der Waals surface area contributed by atoms with E-state index in [1.54, 1.807) is 13.2 Å². The maximum Gasteiger partial charge on any atom is 0.391 e. The smallest absolute Gasteiger partial charge is 0.294 e. The molecule has 1 fully saturated rings. The van der Waals surface area contributed by atoms with Gasteiger partial charge in [0, 0.05) is 19.2 Å². The molecule has 3 nitrogen and oxygen atoms in total. The fraction of sp³-hybridized carbons (Fsp3) is 0.667. The fourth-order valence-corrected chi connectivity index (χ4v) is 2.47. The lowest BCUT2D eigenvalue weighted by molar-refractivity contribution is -0.183. The number of aromatic nitrogens is 2. The molecule has 0 atom stereocenters. The van der Waals surface area contributed by atoms with E-state index in [2.05, 4.69) is 5.10 Å². The Bertz CT molecular complexity index is 431. The molecule has 0 unspecified atom stereocenters. The number of alkyl halides is 3. The fourth-order valence-electron chi connectivity index (χ4n) is 2.47. The highest BCUT2D eigenvalue weighted by Gasteiger charge is 2.42. The second-order valence-corrected chi connectivity index (χ2v) is 4.86. The van der Waals surface area contributed by atoms with Crippen LogP contribution in [-0.4, -0.2) is 21.7 Å². The molecule has 1 heterocycles. The summed E-state index contributed by atoms with van der Waals surface area (Å²) in [7, 11) is 1.71. The molecule has 0 amide bonds. The largest absolute Gasteiger partial charge is 0.391 e. The summed E-state index contributed by atoms with van der Waals surface area (Å²) in [5.74, 6) is -1.60. The zero-order valence-electron chi connectivity index (χ0n) is 10.1. The molecule has 0 bridgehead atoms. The first-order valence-electron chi connectivity index (χ1n) is 5.97. The Morgan fingerprint density at radius 3 is 2.39 bits per heavy atom. The summed E-state index contributed by atoms with van der Waals surface area (Å²) in [6.07, 6.45) is -0.297. The zero-order chi connectivity index (χ0) is 13.3. The van der Waals surface area contributed by atoms with Crippen molar-refractivity contribution in [2.45, 2.75) is 31.9 Å². The van der Waals surface area contributed by atoms with Crippen LogP contribution in [-0.2, 0) is 7.05 Å². The van der Waals surface area contributed by atoms with Gasteiger partial charge in [0.05, 0.1) is 17.7 Å². The number of aryl methyl sites for hydroxylation is 1. The van der Waals surface area contributed by atoms with Crippen LogP contribution < -0.4 is 0 Å². The van der Waals surface area contributed by atoms with Crippen LogP contribution in [0.15, 0.2) is 12.4 Å². The van der Waals surface area contributed by atoms with Crippen molar-refractivity contribution in [2.24, 2.45) is 18.9 Å². The van der Waals surface area contributed by atoms with Crippen LogP contribution in [0, 0.1) is 11.8 Å². The predicted molar refractivity (Wildman–Crippen MR) is 59.0 cm³/mol. The summed E-state index contributed by atoms with van der Waals surface area (Å²) in [6, 6.07) is 0. The Hall–Kier alpha value is -1.33. The van der Waals surface area contributed by atoms with Crippen LogP contribution in [0.3, 0.4) is 0 Å². The van der Waals surface area contributed by atoms with Gasteiger partial charge in [0.15, 0.2) is 5.78 Å². The Kier molecular flexibility index (Phi) is 3.45.